The molecule has 88 valence electrons. The summed E-state index contributed by atoms with van der Waals surface area (Å²) in [7, 11) is 0. The first kappa shape index (κ1) is 10.9. The maximum absolute atomic E-state index is 11.3. The molecule has 0 aliphatic rings. The van der Waals surface area contributed by atoms with E-state index in [1.165, 1.54) is 6.92 Å². The molecule has 1 unspecified atom stereocenters. The summed E-state index contributed by atoms with van der Waals surface area (Å²) in [5, 5.41) is 10.0. The summed E-state index contributed by atoms with van der Waals surface area (Å²) in [5.74, 6) is -0.221. The number of ketones is 1. The van der Waals surface area contributed by atoms with Gasteiger partial charge in [-0.3, -0.25) is 4.79 Å². The summed E-state index contributed by atoms with van der Waals surface area (Å²) in [5.41, 5.74) is 0. The second-order valence-corrected chi connectivity index (χ2v) is 4.04. The van der Waals surface area contributed by atoms with Crippen molar-refractivity contribution in [2.45, 2.75) is 53.0 Å². The molecule has 0 fully saturated rings. The van der Waals surface area contributed by atoms with Gasteiger partial charge >= 0.3 is 0 Å². The van der Waals surface area contributed by atoms with Crippen LogP contribution in [0.4, 0.5) is 0 Å². The second kappa shape index (κ2) is 7.63. The Bertz CT molecular complexity index is 252. The second-order valence-electron chi connectivity index (χ2n) is 4.04. The zero-order chi connectivity index (χ0) is 13.4. The number of rotatable bonds is 7. The zero-order valence-corrected chi connectivity index (χ0v) is 9.94. The third kappa shape index (κ3) is 5.12. The van der Waals surface area contributed by atoms with Gasteiger partial charge < -0.3 is 5.11 Å². The van der Waals surface area contributed by atoms with Crippen molar-refractivity contribution in [1.82, 2.24) is 0 Å². The highest BCUT2D eigenvalue weighted by Crippen LogP contribution is 2.20. The molecule has 0 aliphatic carbocycles. The van der Waals surface area contributed by atoms with Crippen molar-refractivity contribution < 1.29 is 12.6 Å². The van der Waals surface area contributed by atoms with Gasteiger partial charge in [0.1, 0.15) is 5.78 Å². The summed E-state index contributed by atoms with van der Waals surface area (Å²) < 4.78 is 14.0. The van der Waals surface area contributed by atoms with Crippen LogP contribution in [0.2, 0.25) is 0 Å². The van der Waals surface area contributed by atoms with Crippen LogP contribution in [0.1, 0.15) is 49.7 Å². The fraction of sp³-hybridized carbons (Fsp3) is 0.769. The highest BCUT2D eigenvalue weighted by Gasteiger charge is 2.25. The van der Waals surface area contributed by atoms with Gasteiger partial charge in [-0.2, -0.15) is 0 Å². The Kier molecular flexibility index (Phi) is 5.53. The van der Waals surface area contributed by atoms with Gasteiger partial charge in [-0.15, -0.1) is 0 Å². The lowest BCUT2D eigenvalue weighted by atomic mass is 9.86. The molecular formula is C13H24O2. The van der Waals surface area contributed by atoms with E-state index in [9.17, 15) is 9.90 Å². The third-order valence-corrected chi connectivity index (χ3v) is 2.77. The van der Waals surface area contributed by atoms with Gasteiger partial charge in [-0.25, -0.2) is 0 Å². The van der Waals surface area contributed by atoms with Gasteiger partial charge in [0.2, 0.25) is 0 Å². The van der Waals surface area contributed by atoms with Crippen molar-refractivity contribution >= 4 is 5.78 Å². The molecule has 0 spiro atoms. The molecule has 2 heteroatoms. The van der Waals surface area contributed by atoms with Crippen molar-refractivity contribution in [3.8, 4) is 0 Å². The van der Waals surface area contributed by atoms with Crippen LogP contribution >= 0.6 is 0 Å². The lowest BCUT2D eigenvalue weighted by Gasteiger charge is -2.24. The Labute approximate surface area is 96.2 Å². The molecule has 0 rings (SSSR count). The monoisotopic (exact) mass is 214 g/mol. The third-order valence-electron chi connectivity index (χ3n) is 2.77. The van der Waals surface area contributed by atoms with Crippen molar-refractivity contribution in [2.75, 3.05) is 0 Å². The van der Waals surface area contributed by atoms with E-state index < -0.39 is 13.0 Å². The van der Waals surface area contributed by atoms with E-state index in [4.69, 9.17) is 2.74 Å². The Morgan fingerprint density at radius 3 is 2.67 bits per heavy atom. The zero-order valence-electron chi connectivity index (χ0n) is 11.9. The van der Waals surface area contributed by atoms with Crippen molar-refractivity contribution in [3.05, 3.63) is 12.2 Å². The molecule has 15 heavy (non-hydrogen) atoms. The molecule has 0 saturated carbocycles. The van der Waals surface area contributed by atoms with Crippen molar-refractivity contribution in [1.29, 1.82) is 0 Å². The maximum atomic E-state index is 11.3. The van der Waals surface area contributed by atoms with Crippen LogP contribution < -0.4 is 0 Å². The minimum absolute atomic E-state index is 0.0232. The van der Waals surface area contributed by atoms with Crippen LogP contribution in [0.3, 0.4) is 0 Å². The van der Waals surface area contributed by atoms with Crippen LogP contribution in [0, 0.1) is 11.8 Å². The first-order chi connectivity index (χ1) is 7.90. The number of carbonyl (C=O) groups is 1. The van der Waals surface area contributed by atoms with Gasteiger partial charge in [0.15, 0.2) is 0 Å². The smallest absolute Gasteiger partial charge is 0.135 e. The summed E-state index contributed by atoms with van der Waals surface area (Å²) >= 11 is 0. The first-order valence-electron chi connectivity index (χ1n) is 6.73. The molecule has 0 amide bonds. The average Bonchev–Trinajstić information content (AvgIpc) is 2.24. The molecule has 0 radical (unpaired) electrons. The van der Waals surface area contributed by atoms with E-state index >= 15 is 0 Å². The van der Waals surface area contributed by atoms with Gasteiger partial charge in [-0.1, -0.05) is 32.9 Å². The molecule has 1 N–H and O–H groups in total. The number of hydrogen-bond acceptors (Lipinski definition) is 2. The topological polar surface area (TPSA) is 37.3 Å². The highest BCUT2D eigenvalue weighted by molar-refractivity contribution is 5.78. The molecule has 3 atom stereocenters. The number of allylic oxidation sites excluding steroid dienone is 2. The van der Waals surface area contributed by atoms with Gasteiger partial charge in [-0.05, 0) is 32.1 Å². The van der Waals surface area contributed by atoms with E-state index in [2.05, 4.69) is 0 Å². The lowest BCUT2D eigenvalue weighted by Crippen LogP contribution is -2.31. The highest BCUT2D eigenvalue weighted by atomic mass is 16.3. The molecule has 0 aliphatic heterocycles. The Morgan fingerprint density at radius 1 is 1.53 bits per heavy atom. The minimum Gasteiger partial charge on any atom is -0.392 e. The summed E-state index contributed by atoms with van der Waals surface area (Å²) in [6.07, 6.45) is 4.82. The number of aliphatic hydroxyl groups is 1. The lowest BCUT2D eigenvalue weighted by molar-refractivity contribution is -0.125. The normalized spacial score (nSPS) is 19.8. The average molecular weight is 214 g/mol. The minimum atomic E-state index is -0.827. The van der Waals surface area contributed by atoms with Gasteiger partial charge in [0.05, 0.1) is 6.10 Å². The standard InChI is InChI=1S/C13H24O2/c1-5-7-8-9-10(3)13(15)12(6-2)11(4)14/h7-8,10,12-13,15H,5-6,9H2,1-4H3/t10-,12-,13?/m1/s1/i1D2. The van der Waals surface area contributed by atoms with Crippen molar-refractivity contribution in [2.24, 2.45) is 11.8 Å². The molecular weight excluding hydrogens is 188 g/mol. The van der Waals surface area contributed by atoms with Crippen LogP contribution in [-0.2, 0) is 4.79 Å². The van der Waals surface area contributed by atoms with Crippen LogP contribution in [0.25, 0.3) is 0 Å². The quantitative estimate of drug-likeness (QED) is 0.662. The predicted octanol–water partition coefficient (Wildman–Crippen LogP) is 2.95. The summed E-state index contributed by atoms with van der Waals surface area (Å²) in [4.78, 5) is 11.3. The number of aliphatic hydroxyl groups excluding tert-OH is 1. The number of Topliss-reactive ketones (excluding diaryl/α,β-unsaturated/α-hetero) is 1. The summed E-state index contributed by atoms with van der Waals surface area (Å²) in [6, 6.07) is 0. The maximum Gasteiger partial charge on any atom is 0.135 e. The molecule has 0 saturated heterocycles. The Morgan fingerprint density at radius 2 is 2.20 bits per heavy atom. The molecule has 0 bridgehead atoms. The summed E-state index contributed by atoms with van der Waals surface area (Å²) in [6.45, 7) is 4.51. The fourth-order valence-corrected chi connectivity index (χ4v) is 1.71. The van der Waals surface area contributed by atoms with E-state index in [1.54, 1.807) is 6.08 Å². The largest absolute Gasteiger partial charge is 0.392 e. The number of hydrogen-bond donors (Lipinski definition) is 1. The molecule has 2 nitrogen and oxygen atoms in total. The van der Waals surface area contributed by atoms with E-state index in [1.807, 2.05) is 19.9 Å². The van der Waals surface area contributed by atoms with Gasteiger partial charge in [0.25, 0.3) is 0 Å². The molecule has 0 heterocycles. The SMILES string of the molecule is [2H]C([2H])CC=CC[C@@H](C)C(O)[C@H](CC)C(C)=O. The van der Waals surface area contributed by atoms with E-state index in [-0.39, 0.29) is 17.6 Å². The fourth-order valence-electron chi connectivity index (χ4n) is 1.71. The van der Waals surface area contributed by atoms with E-state index in [0.717, 1.165) is 0 Å². The first-order valence-corrected chi connectivity index (χ1v) is 5.58. The molecule has 0 aromatic carbocycles. The van der Waals surface area contributed by atoms with Gasteiger partial charge in [0, 0.05) is 8.66 Å². The van der Waals surface area contributed by atoms with Crippen LogP contribution in [0.5, 0.6) is 0 Å². The van der Waals surface area contributed by atoms with Crippen LogP contribution in [-0.4, -0.2) is 17.0 Å². The van der Waals surface area contributed by atoms with Crippen LogP contribution in [0.15, 0.2) is 12.2 Å². The predicted molar refractivity (Wildman–Crippen MR) is 63.7 cm³/mol. The van der Waals surface area contributed by atoms with E-state index in [0.29, 0.717) is 19.3 Å². The van der Waals surface area contributed by atoms with Crippen molar-refractivity contribution in [3.63, 3.8) is 0 Å². The Balaban J connectivity index is 4.16. The molecule has 0 aromatic rings. The Hall–Kier alpha value is -0.630. The molecule has 0 aromatic heterocycles. The number of carbonyl (C=O) groups excluding carboxylic acids is 1.